The van der Waals surface area contributed by atoms with Crippen LogP contribution in [-0.2, 0) is 19.2 Å². The Labute approximate surface area is 197 Å². The first-order chi connectivity index (χ1) is 15.7. The van der Waals surface area contributed by atoms with E-state index in [1.54, 1.807) is 0 Å². The van der Waals surface area contributed by atoms with Crippen molar-refractivity contribution >= 4 is 35.8 Å². The Morgan fingerprint density at radius 1 is 0.618 bits per heavy atom. The number of carboxylic acids is 4. The largest absolute Gasteiger partial charge is 0.550 e. The van der Waals surface area contributed by atoms with Gasteiger partial charge in [-0.1, -0.05) is 0 Å². The Balaban J connectivity index is -0.000000426. The van der Waals surface area contributed by atoms with Crippen LogP contribution >= 0.6 is 0 Å². The van der Waals surface area contributed by atoms with E-state index in [-0.39, 0.29) is 24.8 Å². The lowest BCUT2D eigenvalue weighted by Crippen LogP contribution is -2.78. The van der Waals surface area contributed by atoms with Crippen LogP contribution in [0.2, 0.25) is 0 Å². The molecular weight excluding hydrogens is 456 g/mol. The second-order valence-electron chi connectivity index (χ2n) is 7.03. The summed E-state index contributed by atoms with van der Waals surface area (Å²) in [6.07, 6.45) is 2.76. The number of hydrogen-bond donors (Lipinski definition) is 8. The molecule has 0 radical (unpaired) electrons. The van der Waals surface area contributed by atoms with Crippen LogP contribution in [0.3, 0.4) is 0 Å². The zero-order valence-electron chi connectivity index (χ0n) is 19.2. The number of hydrogen-bond acceptors (Lipinski definition) is 8. The minimum Gasteiger partial charge on any atom is -0.550 e. The van der Waals surface area contributed by atoms with Gasteiger partial charge in [0, 0.05) is 24.8 Å². The van der Waals surface area contributed by atoms with Crippen molar-refractivity contribution in [3.05, 3.63) is 0 Å². The molecule has 0 aromatic carbocycles. The minimum atomic E-state index is -1.14. The summed E-state index contributed by atoms with van der Waals surface area (Å²) >= 11 is 0. The number of guanidine groups is 2. The molecule has 16 heteroatoms. The van der Waals surface area contributed by atoms with Crippen LogP contribution in [0.15, 0.2) is 0 Å². The maximum atomic E-state index is 10.2. The molecule has 0 unspecified atom stereocenters. The van der Waals surface area contributed by atoms with Gasteiger partial charge >= 0.3 is 11.9 Å². The van der Waals surface area contributed by atoms with Gasteiger partial charge in [-0.2, -0.15) is 0 Å². The summed E-state index contributed by atoms with van der Waals surface area (Å²) in [6.45, 7) is 1.11. The van der Waals surface area contributed by atoms with Crippen molar-refractivity contribution in [2.75, 3.05) is 13.1 Å². The molecule has 0 aliphatic rings. The molecule has 0 bridgehead atoms. The van der Waals surface area contributed by atoms with Gasteiger partial charge in [-0.05, 0) is 38.5 Å². The zero-order chi connectivity index (χ0) is 27.1. The average Bonchev–Trinajstić information content (AvgIpc) is 2.71. The number of unbranched alkanes of at least 4 members (excludes halogenated alkanes) is 1. The molecule has 16 N–H and O–H groups in total. The second kappa shape index (κ2) is 22.5. The molecule has 16 nitrogen and oxygen atoms in total. The highest BCUT2D eigenvalue weighted by Gasteiger charge is 2.06. The number of aliphatic carboxylic acids is 4. The molecule has 0 aliphatic carbocycles. The van der Waals surface area contributed by atoms with Crippen molar-refractivity contribution in [3.8, 4) is 0 Å². The predicted octanol–water partition coefficient (Wildman–Crippen LogP) is -13.0. The van der Waals surface area contributed by atoms with E-state index in [1.165, 1.54) is 0 Å². The van der Waals surface area contributed by atoms with Gasteiger partial charge in [-0.3, -0.25) is 32.9 Å². The third kappa shape index (κ3) is 33.0. The van der Waals surface area contributed by atoms with E-state index in [2.05, 4.69) is 21.5 Å². The lowest BCUT2D eigenvalue weighted by Gasteiger charge is -2.06. The van der Waals surface area contributed by atoms with E-state index < -0.39 is 36.0 Å². The molecule has 0 amide bonds. The molecule has 0 rings (SSSR count). The Bertz CT molecular complexity index is 608. The smallest absolute Gasteiger partial charge is 0.338 e. The van der Waals surface area contributed by atoms with Gasteiger partial charge in [0.1, 0.15) is 12.1 Å². The molecular formula is C18H38N8O8. The van der Waals surface area contributed by atoms with E-state index in [9.17, 15) is 39.6 Å². The molecule has 198 valence electrons. The van der Waals surface area contributed by atoms with Gasteiger partial charge in [0.15, 0.2) is 0 Å². The minimum absolute atomic E-state index is 0.0761. The summed E-state index contributed by atoms with van der Waals surface area (Å²) in [4.78, 5) is 45.2. The van der Waals surface area contributed by atoms with Crippen LogP contribution in [0.25, 0.3) is 0 Å². The number of carbonyl (C=O) groups excluding carboxylic acids is 4. The monoisotopic (exact) mass is 494 g/mol. The number of carbonyl (C=O) groups is 4. The molecule has 0 heterocycles. The highest BCUT2D eigenvalue weighted by atomic mass is 16.4. The Morgan fingerprint density at radius 3 is 1.12 bits per heavy atom. The SMILES string of the molecule is NC(N)=[NH+]CCC[C@H]([NH3+])C(=O)[O-].NC(N)=[NH+]CCC[C@H]([NH3+])C(=O)[O-].O=C([O-])CCCCC(=O)[O-]. The van der Waals surface area contributed by atoms with Gasteiger partial charge < -0.3 is 51.1 Å². The highest BCUT2D eigenvalue weighted by molar-refractivity contribution is 5.70. The first kappa shape index (κ1) is 34.9. The van der Waals surface area contributed by atoms with Gasteiger partial charge in [0.2, 0.25) is 0 Å². The van der Waals surface area contributed by atoms with Gasteiger partial charge in [-0.15, -0.1) is 0 Å². The average molecular weight is 495 g/mol. The van der Waals surface area contributed by atoms with Crippen molar-refractivity contribution in [2.45, 2.75) is 63.5 Å². The quantitative estimate of drug-likeness (QED) is 0.0597. The Kier molecular flexibility index (Phi) is 23.2. The Morgan fingerprint density at radius 2 is 0.912 bits per heavy atom. The molecule has 0 fully saturated rings. The fourth-order valence-corrected chi connectivity index (χ4v) is 1.94. The standard InChI is InChI=1S/2C6H14N4O2.C6H10O4/c2*7-4(5(11)12)2-1-3-10-6(8)9;7-5(8)3-1-2-4-6(9)10/h2*4H,1-3,7H2,(H,11,12)(H4,8,9,10);1-4H2,(H,7,8)(H,9,10)/t2*4-;/m00./s1. The lowest BCUT2D eigenvalue weighted by atomic mass is 10.2. The predicted molar refractivity (Wildman–Crippen MR) is 109 cm³/mol. The van der Waals surface area contributed by atoms with E-state index in [1.807, 2.05) is 0 Å². The van der Waals surface area contributed by atoms with Crippen LogP contribution in [0.1, 0.15) is 51.4 Å². The molecule has 0 aromatic rings. The molecule has 34 heavy (non-hydrogen) atoms. The first-order valence-corrected chi connectivity index (χ1v) is 10.4. The summed E-state index contributed by atoms with van der Waals surface area (Å²) in [7, 11) is 0. The maximum absolute atomic E-state index is 10.2. The highest BCUT2D eigenvalue weighted by Crippen LogP contribution is 1.96. The van der Waals surface area contributed by atoms with Crippen molar-refractivity contribution in [1.82, 2.24) is 0 Å². The number of carboxylic acid groups (broad SMARTS) is 4. The summed E-state index contributed by atoms with van der Waals surface area (Å²) < 4.78 is 0. The van der Waals surface area contributed by atoms with Crippen LogP contribution in [-0.4, -0.2) is 61.0 Å². The lowest BCUT2D eigenvalue weighted by molar-refractivity contribution is -0.467. The third-order valence-corrected chi connectivity index (χ3v) is 3.80. The molecule has 0 saturated heterocycles. The van der Waals surface area contributed by atoms with Crippen molar-refractivity contribution in [2.24, 2.45) is 22.9 Å². The van der Waals surface area contributed by atoms with Crippen LogP contribution in [0, 0.1) is 0 Å². The summed E-state index contributed by atoms with van der Waals surface area (Å²) in [6, 6.07) is -1.32. The maximum Gasteiger partial charge on any atom is 0.338 e. The third-order valence-electron chi connectivity index (χ3n) is 3.80. The molecule has 0 saturated carbocycles. The fourth-order valence-electron chi connectivity index (χ4n) is 1.94. The van der Waals surface area contributed by atoms with Crippen molar-refractivity contribution in [3.63, 3.8) is 0 Å². The van der Waals surface area contributed by atoms with Crippen LogP contribution in [0.5, 0.6) is 0 Å². The van der Waals surface area contributed by atoms with E-state index in [4.69, 9.17) is 22.9 Å². The van der Waals surface area contributed by atoms with Gasteiger partial charge in [-0.25, -0.2) is 0 Å². The topological polar surface area (TPSA) is 348 Å². The molecule has 0 aromatic heterocycles. The Hall–Kier alpha value is -3.66. The molecule has 0 spiro atoms. The van der Waals surface area contributed by atoms with E-state index in [0.29, 0.717) is 51.6 Å². The summed E-state index contributed by atoms with van der Waals surface area (Å²) in [5, 5.41) is 39.9. The number of rotatable bonds is 15. The van der Waals surface area contributed by atoms with E-state index in [0.717, 1.165) is 0 Å². The van der Waals surface area contributed by atoms with Crippen LogP contribution in [0.4, 0.5) is 0 Å². The van der Waals surface area contributed by atoms with Gasteiger partial charge in [0.25, 0.3) is 0 Å². The summed E-state index contributed by atoms with van der Waals surface area (Å²) in [5.41, 5.74) is 27.2. The van der Waals surface area contributed by atoms with Crippen molar-refractivity contribution < 1.29 is 61.1 Å². The van der Waals surface area contributed by atoms with Crippen LogP contribution < -0.4 is 64.8 Å². The first-order valence-electron chi connectivity index (χ1n) is 10.4. The fraction of sp³-hybridized carbons (Fsp3) is 0.667. The normalized spacial score (nSPS) is 11.2. The molecule has 2 atom stereocenters. The van der Waals surface area contributed by atoms with Crippen molar-refractivity contribution in [1.29, 1.82) is 0 Å². The number of nitrogens with two attached hydrogens (primary N) is 4. The summed E-state index contributed by atoms with van der Waals surface area (Å²) in [5.74, 6) is -4.25. The zero-order valence-corrected chi connectivity index (χ0v) is 19.2. The second-order valence-corrected chi connectivity index (χ2v) is 7.03. The number of quaternary nitrogens is 2. The van der Waals surface area contributed by atoms with Gasteiger partial charge in [0.05, 0.1) is 25.0 Å². The van der Waals surface area contributed by atoms with E-state index >= 15 is 0 Å². The molecule has 0 aliphatic heterocycles. The number of nitrogens with one attached hydrogen (secondary N) is 2.